The van der Waals surface area contributed by atoms with Gasteiger partial charge in [0.2, 0.25) is 5.91 Å². The molecule has 1 aromatic carbocycles. The molecule has 0 spiro atoms. The molecule has 5 heteroatoms. The number of nitriles is 1. The Morgan fingerprint density at radius 2 is 2.06 bits per heavy atom. The Labute approximate surface area is 106 Å². The number of benzene rings is 1. The van der Waals surface area contributed by atoms with Crippen LogP contribution in [0.15, 0.2) is 24.3 Å². The molecule has 0 radical (unpaired) electrons. The Hall–Kier alpha value is -2.06. The van der Waals surface area contributed by atoms with Gasteiger partial charge in [0.05, 0.1) is 6.07 Å². The first kappa shape index (κ1) is 14.0. The van der Waals surface area contributed by atoms with Crippen LogP contribution < -0.4 is 10.6 Å². The van der Waals surface area contributed by atoms with Crippen LogP contribution in [0.4, 0.5) is 0 Å². The van der Waals surface area contributed by atoms with Crippen LogP contribution in [0.25, 0.3) is 0 Å². The minimum atomic E-state index is -0.400. The summed E-state index contributed by atoms with van der Waals surface area (Å²) in [4.78, 5) is 10.6. The molecule has 3 N–H and O–H groups in total. The van der Waals surface area contributed by atoms with E-state index in [1.54, 1.807) is 24.3 Å². The van der Waals surface area contributed by atoms with Crippen molar-refractivity contribution in [3.8, 4) is 11.8 Å². The fourth-order valence-electron chi connectivity index (χ4n) is 1.50. The van der Waals surface area contributed by atoms with Crippen LogP contribution in [-0.4, -0.2) is 24.1 Å². The maximum absolute atomic E-state index is 10.6. The van der Waals surface area contributed by atoms with E-state index in [1.165, 1.54) is 6.92 Å². The largest absolute Gasteiger partial charge is 0.508 e. The fourth-order valence-corrected chi connectivity index (χ4v) is 1.50. The van der Waals surface area contributed by atoms with Crippen molar-refractivity contribution in [1.29, 1.82) is 5.26 Å². The Morgan fingerprint density at radius 3 is 2.61 bits per heavy atom. The summed E-state index contributed by atoms with van der Waals surface area (Å²) in [6, 6.07) is 8.29. The van der Waals surface area contributed by atoms with Crippen molar-refractivity contribution in [2.45, 2.75) is 19.4 Å². The third-order valence-electron chi connectivity index (χ3n) is 2.43. The average molecular weight is 247 g/mol. The van der Waals surface area contributed by atoms with Gasteiger partial charge in [-0.15, -0.1) is 0 Å². The summed E-state index contributed by atoms with van der Waals surface area (Å²) in [5, 5.41) is 24.0. The third kappa shape index (κ3) is 4.85. The summed E-state index contributed by atoms with van der Waals surface area (Å²) in [6.07, 6.45) is 0.760. The van der Waals surface area contributed by atoms with Crippen molar-refractivity contribution >= 4 is 5.91 Å². The number of phenols is 1. The third-order valence-corrected chi connectivity index (χ3v) is 2.43. The number of nitrogens with one attached hydrogen (secondary N) is 2. The zero-order valence-corrected chi connectivity index (χ0v) is 10.3. The molecule has 1 atom stereocenters. The number of rotatable bonds is 6. The van der Waals surface area contributed by atoms with Gasteiger partial charge in [0.25, 0.3) is 0 Å². The quantitative estimate of drug-likeness (QED) is 0.656. The van der Waals surface area contributed by atoms with E-state index in [4.69, 9.17) is 10.4 Å². The lowest BCUT2D eigenvalue weighted by Gasteiger charge is -2.11. The highest BCUT2D eigenvalue weighted by molar-refractivity contribution is 5.72. The molecule has 0 fully saturated rings. The number of phenolic OH excluding ortho intramolecular Hbond substituents is 1. The molecule has 0 aliphatic rings. The van der Waals surface area contributed by atoms with Gasteiger partial charge in [-0.05, 0) is 30.7 Å². The zero-order valence-electron chi connectivity index (χ0n) is 10.3. The highest BCUT2D eigenvalue weighted by Crippen LogP contribution is 2.16. The van der Waals surface area contributed by atoms with Crippen LogP contribution in [0, 0.1) is 11.3 Å². The number of hydrogen-bond donors (Lipinski definition) is 3. The van der Waals surface area contributed by atoms with Crippen molar-refractivity contribution in [3.63, 3.8) is 0 Å². The molecule has 0 aromatic heterocycles. The Kier molecular flexibility index (Phi) is 5.68. The lowest BCUT2D eigenvalue weighted by Crippen LogP contribution is -2.27. The molecule has 0 saturated heterocycles. The van der Waals surface area contributed by atoms with Gasteiger partial charge >= 0.3 is 0 Å². The van der Waals surface area contributed by atoms with Gasteiger partial charge in [-0.3, -0.25) is 10.1 Å². The van der Waals surface area contributed by atoms with E-state index >= 15 is 0 Å². The fraction of sp³-hybridized carbons (Fsp3) is 0.385. The van der Waals surface area contributed by atoms with Gasteiger partial charge < -0.3 is 10.4 Å². The van der Waals surface area contributed by atoms with Crippen molar-refractivity contribution < 1.29 is 9.90 Å². The summed E-state index contributed by atoms with van der Waals surface area (Å²) in [5.74, 6) is 0.131. The molecule has 18 heavy (non-hydrogen) atoms. The van der Waals surface area contributed by atoms with Crippen LogP contribution in [0.3, 0.4) is 0 Å². The van der Waals surface area contributed by atoms with Crippen LogP contribution in [0.1, 0.15) is 24.9 Å². The summed E-state index contributed by atoms with van der Waals surface area (Å²) in [5.41, 5.74) is 0.815. The molecule has 1 amide bonds. The van der Waals surface area contributed by atoms with E-state index < -0.39 is 6.04 Å². The Balaban J connectivity index is 2.37. The highest BCUT2D eigenvalue weighted by atomic mass is 16.3. The summed E-state index contributed by atoms with van der Waals surface area (Å²) in [6.45, 7) is 2.71. The minimum Gasteiger partial charge on any atom is -0.508 e. The van der Waals surface area contributed by atoms with Crippen molar-refractivity contribution in [3.05, 3.63) is 29.8 Å². The van der Waals surface area contributed by atoms with Gasteiger partial charge in [-0.25, -0.2) is 0 Å². The summed E-state index contributed by atoms with van der Waals surface area (Å²) in [7, 11) is 0. The molecule has 0 heterocycles. The van der Waals surface area contributed by atoms with Crippen molar-refractivity contribution in [2.75, 3.05) is 13.1 Å². The molecule has 1 aromatic rings. The second kappa shape index (κ2) is 7.30. The van der Waals surface area contributed by atoms with Gasteiger partial charge in [-0.1, -0.05) is 12.1 Å². The van der Waals surface area contributed by atoms with Crippen LogP contribution in [0.2, 0.25) is 0 Å². The topological polar surface area (TPSA) is 85.2 Å². The monoisotopic (exact) mass is 247 g/mol. The predicted molar refractivity (Wildman–Crippen MR) is 67.8 cm³/mol. The number of carbonyl (C=O) groups excluding carboxylic acids is 1. The lowest BCUT2D eigenvalue weighted by molar-refractivity contribution is -0.118. The van der Waals surface area contributed by atoms with Crippen LogP contribution in [0.5, 0.6) is 5.75 Å². The standard InChI is InChI=1S/C13H17N3O2/c1-10(17)15-7-2-8-16-13(9-14)11-3-5-12(18)6-4-11/h3-6,13,16,18H,2,7-8H2,1H3,(H,15,17). The molecule has 0 saturated carbocycles. The number of amides is 1. The van der Waals surface area contributed by atoms with Crippen molar-refractivity contribution in [2.24, 2.45) is 0 Å². The van der Waals surface area contributed by atoms with Gasteiger partial charge in [-0.2, -0.15) is 5.26 Å². The molecule has 0 aliphatic heterocycles. The van der Waals surface area contributed by atoms with Crippen LogP contribution >= 0.6 is 0 Å². The van der Waals surface area contributed by atoms with E-state index in [-0.39, 0.29) is 11.7 Å². The average Bonchev–Trinajstić information content (AvgIpc) is 2.35. The van der Waals surface area contributed by atoms with Gasteiger partial charge in [0.1, 0.15) is 11.8 Å². The van der Waals surface area contributed by atoms with Crippen molar-refractivity contribution in [1.82, 2.24) is 10.6 Å². The molecule has 96 valence electrons. The summed E-state index contributed by atoms with van der Waals surface area (Å²) < 4.78 is 0. The molecule has 1 rings (SSSR count). The number of aromatic hydroxyl groups is 1. The van der Waals surface area contributed by atoms with E-state index in [0.717, 1.165) is 12.0 Å². The smallest absolute Gasteiger partial charge is 0.216 e. The first-order chi connectivity index (χ1) is 8.63. The first-order valence-electron chi connectivity index (χ1n) is 5.80. The second-order valence-corrected chi connectivity index (χ2v) is 3.94. The predicted octanol–water partition coefficient (Wildman–Crippen LogP) is 1.07. The maximum Gasteiger partial charge on any atom is 0.216 e. The Morgan fingerprint density at radius 1 is 1.39 bits per heavy atom. The molecule has 0 bridgehead atoms. The maximum atomic E-state index is 10.6. The van der Waals surface area contributed by atoms with E-state index in [0.29, 0.717) is 13.1 Å². The molecule has 0 aliphatic carbocycles. The van der Waals surface area contributed by atoms with E-state index in [1.807, 2.05) is 0 Å². The number of carbonyl (C=O) groups is 1. The van der Waals surface area contributed by atoms with Crippen LogP contribution in [-0.2, 0) is 4.79 Å². The number of nitrogens with zero attached hydrogens (tertiary/aromatic N) is 1. The lowest BCUT2D eigenvalue weighted by atomic mass is 10.1. The van der Waals surface area contributed by atoms with Gasteiger partial charge in [0, 0.05) is 13.5 Å². The first-order valence-corrected chi connectivity index (χ1v) is 5.80. The summed E-state index contributed by atoms with van der Waals surface area (Å²) >= 11 is 0. The highest BCUT2D eigenvalue weighted by Gasteiger charge is 2.08. The van der Waals surface area contributed by atoms with Gasteiger partial charge in [0.15, 0.2) is 0 Å². The zero-order chi connectivity index (χ0) is 13.4. The molecule has 5 nitrogen and oxygen atoms in total. The normalized spacial score (nSPS) is 11.6. The second-order valence-electron chi connectivity index (χ2n) is 3.94. The minimum absolute atomic E-state index is 0.0506. The SMILES string of the molecule is CC(=O)NCCCNC(C#N)c1ccc(O)cc1. The Bertz CT molecular complexity index is 423. The van der Waals surface area contributed by atoms with E-state index in [2.05, 4.69) is 16.7 Å². The molecule has 1 unspecified atom stereocenters. The van der Waals surface area contributed by atoms with E-state index in [9.17, 15) is 4.79 Å². The molecular formula is C13H17N3O2. The number of hydrogen-bond acceptors (Lipinski definition) is 4. The molecular weight excluding hydrogens is 230 g/mol.